The van der Waals surface area contributed by atoms with Crippen LogP contribution in [-0.2, 0) is 33.3 Å². The maximum atomic E-state index is 13.0. The number of aliphatic carboxylic acids is 1. The molecule has 0 amide bonds. The highest BCUT2D eigenvalue weighted by Gasteiger charge is 2.25. The molecule has 0 fully saturated rings. The van der Waals surface area contributed by atoms with Crippen molar-refractivity contribution >= 4 is 17.9 Å². The van der Waals surface area contributed by atoms with Gasteiger partial charge in [0.25, 0.3) is 6.29 Å². The van der Waals surface area contributed by atoms with Gasteiger partial charge in [0.15, 0.2) is 6.10 Å². The quantitative estimate of drug-likeness (QED) is 0.0211. The SMILES string of the molecule is CC/C=C\C/C=C\C/C=C\C/C=C\C/C=C\C/C=C\C/C=C\C/C=C\C/C=C\C/C=C\CCCCCCCCCCC(=O)OC(COC(=O)CCCCCCCCCCCCCCCCCCCCCCCCC/C=C\C/C=C\CCCCCCC)COC(OCC[N+](C)(C)C)C(=O)O. The van der Waals surface area contributed by atoms with Crippen LogP contribution in [0.3, 0.4) is 0 Å². The lowest BCUT2D eigenvalue weighted by Crippen LogP contribution is -2.40. The number of carboxylic acid groups (broad SMARTS) is 1. The Morgan fingerprint density at radius 1 is 0.313 bits per heavy atom. The first-order valence-corrected chi connectivity index (χ1v) is 41.0. The zero-order valence-electron chi connectivity index (χ0n) is 64.9. The lowest BCUT2D eigenvalue weighted by molar-refractivity contribution is -0.870. The fraction of sp³-hybridized carbons (Fsp3) is 0.700. The first kappa shape index (κ1) is 94.2. The van der Waals surface area contributed by atoms with E-state index < -0.39 is 24.3 Å². The standard InChI is InChI=1S/C90H153NO8/c1-6-8-10-12-14-16-18-20-22-24-26-28-30-32-34-36-38-40-42-43-44-45-47-49-51-53-55-57-59-61-63-65-67-69-71-73-75-77-79-81-88(93)99-86(85-98-90(89(94)95)96-83-82-91(3,4)5)84-97-87(92)80-78-76-74-72-70-68-66-64-62-60-58-56-54-52-50-48-46-41-39-37-35-33-31-29-27-25-23-21-19-17-15-13-11-9-7-2/h8,10,14,16,19-22,25-28,32,34,38,40,43-44,47,49,53,55,59,61,86,90H,6-7,9,11-13,15,17-18,23-24,29-31,33,35-37,39,41-42,45-46,48,50-52,54,56-58,60,62-85H2,1-5H3/p+1/b10-8-,16-14-,21-19-,22-20-,27-25-,28-26-,34-32-,40-38-,44-43-,49-47-,55-53-,61-59-. The van der Waals surface area contributed by atoms with E-state index in [1.54, 1.807) is 0 Å². The van der Waals surface area contributed by atoms with E-state index in [0.29, 0.717) is 23.9 Å². The van der Waals surface area contributed by atoms with Gasteiger partial charge in [0, 0.05) is 12.8 Å². The van der Waals surface area contributed by atoms with Crippen molar-refractivity contribution in [2.45, 2.75) is 360 Å². The monoisotopic (exact) mass is 1380 g/mol. The Labute approximate surface area is 611 Å². The minimum atomic E-state index is -1.52. The van der Waals surface area contributed by atoms with Crippen LogP contribution in [-0.4, -0.2) is 87.4 Å². The second-order valence-corrected chi connectivity index (χ2v) is 28.3. The van der Waals surface area contributed by atoms with Crippen LogP contribution in [0.2, 0.25) is 0 Å². The van der Waals surface area contributed by atoms with Crippen LogP contribution in [0.1, 0.15) is 348 Å². The minimum absolute atomic E-state index is 0.181. The number of hydrogen-bond donors (Lipinski definition) is 1. The van der Waals surface area contributed by atoms with Gasteiger partial charge in [0.05, 0.1) is 34.4 Å². The summed E-state index contributed by atoms with van der Waals surface area (Å²) >= 11 is 0. The van der Waals surface area contributed by atoms with Crippen molar-refractivity contribution in [1.82, 2.24) is 0 Å². The van der Waals surface area contributed by atoms with Gasteiger partial charge in [-0.25, -0.2) is 4.79 Å². The van der Waals surface area contributed by atoms with E-state index in [1.165, 1.54) is 199 Å². The van der Waals surface area contributed by atoms with Gasteiger partial charge in [-0.15, -0.1) is 0 Å². The molecule has 2 unspecified atom stereocenters. The number of unbranched alkanes of at least 4 members (excludes halogenated alkanes) is 36. The molecule has 0 aromatic rings. The summed E-state index contributed by atoms with van der Waals surface area (Å²) in [7, 11) is 5.98. The molecule has 0 aromatic heterocycles. The van der Waals surface area contributed by atoms with Crippen molar-refractivity contribution in [3.63, 3.8) is 0 Å². The van der Waals surface area contributed by atoms with Crippen LogP contribution in [0, 0.1) is 0 Å². The van der Waals surface area contributed by atoms with Gasteiger partial charge in [0.1, 0.15) is 13.2 Å². The number of carboxylic acids is 1. The van der Waals surface area contributed by atoms with E-state index in [4.69, 9.17) is 18.9 Å². The second-order valence-electron chi connectivity index (χ2n) is 28.3. The predicted octanol–water partition coefficient (Wildman–Crippen LogP) is 26.6. The molecule has 0 aliphatic rings. The number of carbonyl (C=O) groups excluding carboxylic acids is 2. The van der Waals surface area contributed by atoms with E-state index in [-0.39, 0.29) is 32.2 Å². The Bertz CT molecular complexity index is 2150. The molecule has 0 aromatic carbocycles. The van der Waals surface area contributed by atoms with Crippen LogP contribution in [0.15, 0.2) is 146 Å². The zero-order valence-corrected chi connectivity index (χ0v) is 64.9. The maximum absolute atomic E-state index is 13.0. The molecule has 0 radical (unpaired) electrons. The van der Waals surface area contributed by atoms with Crippen molar-refractivity contribution in [1.29, 1.82) is 0 Å². The average molecular weight is 1380 g/mol. The fourth-order valence-corrected chi connectivity index (χ4v) is 11.4. The Morgan fingerprint density at radius 3 is 0.859 bits per heavy atom. The zero-order chi connectivity index (χ0) is 71.8. The lowest BCUT2D eigenvalue weighted by atomic mass is 10.0. The highest BCUT2D eigenvalue weighted by atomic mass is 16.7. The molecular weight excluding hydrogens is 1220 g/mol. The van der Waals surface area contributed by atoms with Crippen LogP contribution >= 0.6 is 0 Å². The molecular formula is C90H154NO8+. The summed E-state index contributed by atoms with van der Waals surface area (Å²) in [6.45, 7) is 4.77. The molecule has 0 aliphatic carbocycles. The fourth-order valence-electron chi connectivity index (χ4n) is 11.4. The number of quaternary nitrogens is 1. The van der Waals surface area contributed by atoms with Gasteiger partial charge < -0.3 is 28.5 Å². The number of allylic oxidation sites excluding steroid dienone is 24. The van der Waals surface area contributed by atoms with Crippen molar-refractivity contribution in [3.8, 4) is 0 Å². The number of rotatable bonds is 75. The normalized spacial score (nSPS) is 13.4. The number of ether oxygens (including phenoxy) is 4. The predicted molar refractivity (Wildman–Crippen MR) is 428 cm³/mol. The molecule has 2 atom stereocenters. The summed E-state index contributed by atoms with van der Waals surface area (Å²) in [6, 6.07) is 0. The van der Waals surface area contributed by atoms with Gasteiger partial charge in [-0.1, -0.05) is 359 Å². The van der Waals surface area contributed by atoms with Gasteiger partial charge in [-0.2, -0.15) is 0 Å². The first-order valence-electron chi connectivity index (χ1n) is 41.0. The van der Waals surface area contributed by atoms with E-state index in [2.05, 4.69) is 160 Å². The summed E-state index contributed by atoms with van der Waals surface area (Å²) in [6.07, 6.45) is 113. The summed E-state index contributed by atoms with van der Waals surface area (Å²) < 4.78 is 23.0. The Morgan fingerprint density at radius 2 is 0.576 bits per heavy atom. The van der Waals surface area contributed by atoms with Crippen LogP contribution in [0.25, 0.3) is 0 Å². The third kappa shape index (κ3) is 80.4. The molecule has 0 aliphatic heterocycles. The van der Waals surface area contributed by atoms with Gasteiger partial charge in [-0.3, -0.25) is 9.59 Å². The molecule has 9 heteroatoms. The molecule has 0 saturated carbocycles. The second kappa shape index (κ2) is 78.9. The van der Waals surface area contributed by atoms with Crippen LogP contribution < -0.4 is 0 Å². The molecule has 1 N–H and O–H groups in total. The number of hydrogen-bond acceptors (Lipinski definition) is 7. The number of likely N-dealkylation sites (N-methyl/N-ethyl adjacent to an activating group) is 1. The summed E-state index contributed by atoms with van der Waals surface area (Å²) in [5.74, 6) is -2.01. The van der Waals surface area contributed by atoms with Crippen LogP contribution in [0.4, 0.5) is 0 Å². The van der Waals surface area contributed by atoms with Crippen molar-refractivity contribution < 1.29 is 42.9 Å². The van der Waals surface area contributed by atoms with Crippen LogP contribution in [0.5, 0.6) is 0 Å². The summed E-state index contributed by atoms with van der Waals surface area (Å²) in [4.78, 5) is 37.8. The lowest BCUT2D eigenvalue weighted by Gasteiger charge is -2.25. The minimum Gasteiger partial charge on any atom is -0.477 e. The largest absolute Gasteiger partial charge is 0.477 e. The van der Waals surface area contributed by atoms with Gasteiger partial charge in [-0.05, 0) is 122 Å². The third-order valence-corrected chi connectivity index (χ3v) is 17.6. The molecule has 0 saturated heterocycles. The third-order valence-electron chi connectivity index (χ3n) is 17.6. The molecule has 0 heterocycles. The van der Waals surface area contributed by atoms with E-state index in [9.17, 15) is 19.5 Å². The van der Waals surface area contributed by atoms with Crippen molar-refractivity contribution in [3.05, 3.63) is 146 Å². The summed E-state index contributed by atoms with van der Waals surface area (Å²) in [5.41, 5.74) is 0. The molecule has 9 nitrogen and oxygen atoms in total. The first-order chi connectivity index (χ1) is 48.6. The Hall–Kier alpha value is -4.83. The number of esters is 2. The topological polar surface area (TPSA) is 108 Å². The van der Waals surface area contributed by atoms with Crippen molar-refractivity contribution in [2.75, 3.05) is 47.5 Å². The maximum Gasteiger partial charge on any atom is 0.361 e. The highest BCUT2D eigenvalue weighted by Crippen LogP contribution is 2.18. The molecule has 99 heavy (non-hydrogen) atoms. The molecule has 566 valence electrons. The smallest absolute Gasteiger partial charge is 0.361 e. The summed E-state index contributed by atoms with van der Waals surface area (Å²) in [5, 5.41) is 9.78. The van der Waals surface area contributed by atoms with Gasteiger partial charge >= 0.3 is 17.9 Å². The Kier molecular flexibility index (Phi) is 75.0. The molecule has 0 spiro atoms. The highest BCUT2D eigenvalue weighted by molar-refractivity contribution is 5.71. The van der Waals surface area contributed by atoms with E-state index in [1.807, 2.05) is 21.1 Å². The number of nitrogens with zero attached hydrogens (tertiary/aromatic N) is 1. The Balaban J connectivity index is 4.08. The van der Waals surface area contributed by atoms with Gasteiger partial charge in [0.2, 0.25) is 0 Å². The van der Waals surface area contributed by atoms with E-state index in [0.717, 1.165) is 116 Å². The van der Waals surface area contributed by atoms with E-state index >= 15 is 0 Å². The van der Waals surface area contributed by atoms with Crippen molar-refractivity contribution in [2.24, 2.45) is 0 Å². The number of carbonyl (C=O) groups is 3. The molecule has 0 rings (SSSR count). The average Bonchev–Trinajstić information content (AvgIpc) is 1.14. The molecule has 0 bridgehead atoms.